The number of allylic oxidation sites excluding steroid dienone is 5. The van der Waals surface area contributed by atoms with Gasteiger partial charge in [-0.15, -0.1) is 0 Å². The molecule has 46 heavy (non-hydrogen) atoms. The lowest BCUT2D eigenvalue weighted by Gasteiger charge is -2.27. The van der Waals surface area contributed by atoms with Gasteiger partial charge in [-0.05, 0) is 54.8 Å². The van der Waals surface area contributed by atoms with Crippen LogP contribution in [0.15, 0.2) is 139 Å². The van der Waals surface area contributed by atoms with E-state index in [-0.39, 0.29) is 0 Å². The third-order valence-corrected chi connectivity index (χ3v) is 6.83. The van der Waals surface area contributed by atoms with Crippen LogP contribution in [0.1, 0.15) is 77.1 Å². The van der Waals surface area contributed by atoms with Gasteiger partial charge in [-0.2, -0.15) is 5.10 Å². The van der Waals surface area contributed by atoms with Crippen LogP contribution in [0.4, 0.5) is 17.1 Å². The maximum atomic E-state index is 5.97. The third-order valence-electron chi connectivity index (χ3n) is 6.83. The van der Waals surface area contributed by atoms with E-state index in [0.717, 1.165) is 51.6 Å². The molecule has 0 fully saturated rings. The number of rotatable bonds is 10. The number of anilines is 3. The first-order chi connectivity index (χ1) is 22.5. The number of hydrogen-bond acceptors (Lipinski definition) is 3. The van der Waals surface area contributed by atoms with Gasteiger partial charge in [0.2, 0.25) is 0 Å². The Kier molecular flexibility index (Phi) is 19.3. The number of benzene rings is 4. The molecule has 4 aromatic rings. The first kappa shape index (κ1) is 39.2. The fraction of sp³-hybridized carbons (Fsp3) is 0.262. The van der Waals surface area contributed by atoms with Crippen LogP contribution in [0.25, 0.3) is 5.57 Å². The molecule has 0 unspecified atom stereocenters. The standard InChI is InChI=1S/C36H38N4.3C2H6/c1-5-7-14-30(13-6-2)34-17-11-12-18-35(34)39(4)32-25-21-29(22-26-32)27-40(33-23-19-28(3)20-24-33)36(38-37)31-15-9-8-10-16-31;3*1-2/h6-26H,2,5,27,37H2,1,3-4H3;3*1-2H3/b14-7-,30-13+,38-36-;;;. The van der Waals surface area contributed by atoms with E-state index < -0.39 is 0 Å². The fourth-order valence-electron chi connectivity index (χ4n) is 4.66. The molecule has 0 aliphatic heterocycles. The lowest BCUT2D eigenvalue weighted by molar-refractivity contribution is 0.989. The molecule has 0 aromatic heterocycles. The smallest absolute Gasteiger partial charge is 0.160 e. The van der Waals surface area contributed by atoms with E-state index in [0.29, 0.717) is 6.54 Å². The Hall–Kier alpha value is -4.83. The first-order valence-electron chi connectivity index (χ1n) is 16.6. The Bertz CT molecular complexity index is 1480. The van der Waals surface area contributed by atoms with Gasteiger partial charge in [-0.25, -0.2) is 0 Å². The van der Waals surface area contributed by atoms with Gasteiger partial charge in [0, 0.05) is 41.8 Å². The second kappa shape index (κ2) is 22.6. The molecule has 4 aromatic carbocycles. The average Bonchev–Trinajstić information content (AvgIpc) is 3.13. The monoisotopic (exact) mass is 616 g/mol. The van der Waals surface area contributed by atoms with Gasteiger partial charge < -0.3 is 15.6 Å². The highest BCUT2D eigenvalue weighted by atomic mass is 15.3. The van der Waals surface area contributed by atoms with Crippen molar-refractivity contribution in [3.8, 4) is 0 Å². The Morgan fingerprint density at radius 2 is 1.33 bits per heavy atom. The van der Waals surface area contributed by atoms with Crippen molar-refractivity contribution in [1.29, 1.82) is 0 Å². The van der Waals surface area contributed by atoms with Crippen molar-refractivity contribution in [2.24, 2.45) is 10.9 Å². The first-order valence-corrected chi connectivity index (χ1v) is 16.6. The van der Waals surface area contributed by atoms with Gasteiger partial charge in [-0.1, -0.05) is 158 Å². The molecule has 4 nitrogen and oxygen atoms in total. The van der Waals surface area contributed by atoms with Crippen LogP contribution in [-0.2, 0) is 6.54 Å². The maximum Gasteiger partial charge on any atom is 0.160 e. The second-order valence-corrected chi connectivity index (χ2v) is 9.65. The van der Waals surface area contributed by atoms with E-state index in [1.165, 1.54) is 5.56 Å². The van der Waals surface area contributed by atoms with Crippen LogP contribution in [0.5, 0.6) is 0 Å². The van der Waals surface area contributed by atoms with Crippen LogP contribution in [-0.4, -0.2) is 12.9 Å². The second-order valence-electron chi connectivity index (χ2n) is 9.65. The summed E-state index contributed by atoms with van der Waals surface area (Å²) in [7, 11) is 2.11. The van der Waals surface area contributed by atoms with Crippen LogP contribution in [0.3, 0.4) is 0 Å². The summed E-state index contributed by atoms with van der Waals surface area (Å²) >= 11 is 0. The number of hydrazone groups is 1. The summed E-state index contributed by atoms with van der Waals surface area (Å²) in [6, 6.07) is 35.7. The average molecular weight is 617 g/mol. The van der Waals surface area contributed by atoms with Gasteiger partial charge in [0.1, 0.15) is 0 Å². The Labute approximate surface area is 280 Å². The van der Waals surface area contributed by atoms with Crippen molar-refractivity contribution < 1.29 is 0 Å². The molecule has 4 heteroatoms. The summed E-state index contributed by atoms with van der Waals surface area (Å²) in [6.45, 7) is 20.8. The number of nitrogens with two attached hydrogens (primary N) is 1. The summed E-state index contributed by atoms with van der Waals surface area (Å²) in [5, 5.41) is 4.22. The maximum absolute atomic E-state index is 5.97. The van der Waals surface area contributed by atoms with Crippen molar-refractivity contribution >= 4 is 28.5 Å². The highest BCUT2D eigenvalue weighted by molar-refractivity contribution is 6.09. The molecule has 0 aliphatic carbocycles. The number of aryl methyl sites for hydroxylation is 1. The summed E-state index contributed by atoms with van der Waals surface area (Å²) in [5.74, 6) is 6.69. The molecule has 0 heterocycles. The molecule has 2 N–H and O–H groups in total. The van der Waals surface area contributed by atoms with Gasteiger partial charge in [0.15, 0.2) is 5.84 Å². The minimum absolute atomic E-state index is 0.628. The van der Waals surface area contributed by atoms with Crippen molar-refractivity contribution in [2.45, 2.75) is 68.4 Å². The van der Waals surface area contributed by atoms with Gasteiger partial charge in [-0.3, -0.25) is 0 Å². The van der Waals surface area contributed by atoms with Crippen LogP contribution >= 0.6 is 0 Å². The Balaban J connectivity index is 0.00000166. The normalized spacial score (nSPS) is 10.8. The molecule has 0 spiro atoms. The SMILES string of the molecule is C=C/C=C(\C=C/CC)c1ccccc1N(C)c1ccc(CN(/C(=N\N)c2ccccc2)c2ccc(C)cc2)cc1.CC.CC.CC. The highest BCUT2D eigenvalue weighted by Gasteiger charge is 2.17. The topological polar surface area (TPSA) is 44.9 Å². The summed E-state index contributed by atoms with van der Waals surface area (Å²) in [5.41, 5.74) is 8.91. The minimum Gasteiger partial charge on any atom is -0.344 e. The zero-order valence-corrected chi connectivity index (χ0v) is 29.7. The molecular formula is C42H56N4. The summed E-state index contributed by atoms with van der Waals surface area (Å²) < 4.78 is 0. The largest absolute Gasteiger partial charge is 0.344 e. The molecule has 0 atom stereocenters. The number of amidine groups is 1. The van der Waals surface area contributed by atoms with E-state index in [1.807, 2.05) is 78.0 Å². The van der Waals surface area contributed by atoms with Gasteiger partial charge in [0.25, 0.3) is 0 Å². The molecular weight excluding hydrogens is 560 g/mol. The third kappa shape index (κ3) is 11.3. The highest BCUT2D eigenvalue weighted by Crippen LogP contribution is 2.33. The Morgan fingerprint density at radius 3 is 1.89 bits per heavy atom. The number of nitrogens with zero attached hydrogens (tertiary/aromatic N) is 3. The number of hydrogen-bond donors (Lipinski definition) is 1. The Morgan fingerprint density at radius 1 is 0.761 bits per heavy atom. The van der Waals surface area contributed by atoms with Crippen LogP contribution < -0.4 is 15.6 Å². The minimum atomic E-state index is 0.628. The van der Waals surface area contributed by atoms with Crippen LogP contribution in [0, 0.1) is 6.92 Å². The molecule has 4 rings (SSSR count). The molecule has 0 aliphatic rings. The zero-order valence-electron chi connectivity index (χ0n) is 29.7. The van der Waals surface area contributed by atoms with Crippen molar-refractivity contribution in [2.75, 3.05) is 16.8 Å². The number of para-hydroxylation sites is 1. The molecule has 0 radical (unpaired) electrons. The van der Waals surface area contributed by atoms with E-state index in [4.69, 9.17) is 5.84 Å². The fourth-order valence-corrected chi connectivity index (χ4v) is 4.66. The molecule has 0 saturated heterocycles. The molecule has 0 amide bonds. The lowest BCUT2D eigenvalue weighted by atomic mass is 10.0. The lowest BCUT2D eigenvalue weighted by Crippen LogP contribution is -2.32. The van der Waals surface area contributed by atoms with E-state index in [2.05, 4.69) is 133 Å². The predicted molar refractivity (Wildman–Crippen MR) is 207 cm³/mol. The molecule has 244 valence electrons. The van der Waals surface area contributed by atoms with Crippen molar-refractivity contribution in [3.63, 3.8) is 0 Å². The quantitative estimate of drug-likeness (QED) is 0.0634. The van der Waals surface area contributed by atoms with Gasteiger partial charge in [0.05, 0.1) is 0 Å². The predicted octanol–water partition coefficient (Wildman–Crippen LogP) is 11.7. The van der Waals surface area contributed by atoms with E-state index in [1.54, 1.807) is 0 Å². The van der Waals surface area contributed by atoms with Gasteiger partial charge >= 0.3 is 0 Å². The van der Waals surface area contributed by atoms with Crippen LogP contribution in [0.2, 0.25) is 0 Å². The summed E-state index contributed by atoms with van der Waals surface area (Å²) in [4.78, 5) is 4.39. The molecule has 0 bridgehead atoms. The van der Waals surface area contributed by atoms with E-state index in [9.17, 15) is 0 Å². The van der Waals surface area contributed by atoms with Crippen molar-refractivity contribution in [3.05, 3.63) is 156 Å². The zero-order chi connectivity index (χ0) is 34.3. The molecule has 0 saturated carbocycles. The van der Waals surface area contributed by atoms with E-state index >= 15 is 0 Å². The summed E-state index contributed by atoms with van der Waals surface area (Å²) in [6.07, 6.45) is 9.23. The van der Waals surface area contributed by atoms with Crippen molar-refractivity contribution in [1.82, 2.24) is 0 Å².